The van der Waals surface area contributed by atoms with Crippen LogP contribution in [0.2, 0.25) is 0 Å². The van der Waals surface area contributed by atoms with E-state index in [4.69, 9.17) is 4.74 Å². The fourth-order valence-corrected chi connectivity index (χ4v) is 3.60. The fourth-order valence-electron chi connectivity index (χ4n) is 3.60. The van der Waals surface area contributed by atoms with Crippen molar-refractivity contribution in [1.29, 1.82) is 0 Å². The molecular formula is C17H25NO. The predicted octanol–water partition coefficient (Wildman–Crippen LogP) is 3.47. The Labute approximate surface area is 116 Å². The smallest absolute Gasteiger partial charge is 0.0469 e. The molecule has 1 aromatic rings. The molecule has 1 heterocycles. The zero-order valence-corrected chi connectivity index (χ0v) is 11.9. The molecule has 1 saturated heterocycles. The van der Waals surface area contributed by atoms with Crippen LogP contribution in [0.3, 0.4) is 0 Å². The molecule has 2 atom stereocenters. The van der Waals surface area contributed by atoms with Gasteiger partial charge in [0.15, 0.2) is 0 Å². The lowest BCUT2D eigenvalue weighted by molar-refractivity contribution is 0.0540. The van der Waals surface area contributed by atoms with E-state index in [1.54, 1.807) is 5.56 Å². The molecule has 3 rings (SSSR count). The van der Waals surface area contributed by atoms with Crippen LogP contribution in [0.1, 0.15) is 49.8 Å². The van der Waals surface area contributed by atoms with Gasteiger partial charge in [-0.1, -0.05) is 24.3 Å². The van der Waals surface area contributed by atoms with Gasteiger partial charge in [0, 0.05) is 25.3 Å². The Hall–Kier alpha value is -0.860. The van der Waals surface area contributed by atoms with Crippen LogP contribution in [0.5, 0.6) is 0 Å². The van der Waals surface area contributed by atoms with Gasteiger partial charge in [0.2, 0.25) is 0 Å². The van der Waals surface area contributed by atoms with Crippen LogP contribution in [0, 0.1) is 5.92 Å². The largest absolute Gasteiger partial charge is 0.381 e. The first-order valence-corrected chi connectivity index (χ1v) is 7.76. The third-order valence-corrected chi connectivity index (χ3v) is 4.81. The molecule has 0 aromatic heterocycles. The average Bonchev–Trinajstić information content (AvgIpc) is 2.48. The summed E-state index contributed by atoms with van der Waals surface area (Å²) < 4.78 is 5.47. The molecule has 0 spiro atoms. The molecule has 1 aromatic carbocycles. The van der Waals surface area contributed by atoms with E-state index in [0.29, 0.717) is 12.1 Å². The zero-order chi connectivity index (χ0) is 13.1. The molecule has 2 nitrogen and oxygen atoms in total. The third kappa shape index (κ3) is 3.01. The normalized spacial score (nSPS) is 25.8. The molecule has 1 aliphatic heterocycles. The van der Waals surface area contributed by atoms with Crippen molar-refractivity contribution in [2.45, 2.75) is 51.1 Å². The Bertz CT molecular complexity index is 411. The van der Waals surface area contributed by atoms with E-state index in [-0.39, 0.29) is 0 Å². The van der Waals surface area contributed by atoms with Crippen molar-refractivity contribution >= 4 is 0 Å². The van der Waals surface area contributed by atoms with E-state index in [0.717, 1.165) is 19.1 Å². The summed E-state index contributed by atoms with van der Waals surface area (Å²) >= 11 is 0. The first kappa shape index (κ1) is 13.1. The number of ether oxygens (including phenoxy) is 1. The van der Waals surface area contributed by atoms with Crippen LogP contribution in [0.25, 0.3) is 0 Å². The average molecular weight is 259 g/mol. The Morgan fingerprint density at radius 1 is 1.16 bits per heavy atom. The summed E-state index contributed by atoms with van der Waals surface area (Å²) in [5, 5.41) is 3.89. The molecule has 1 fully saturated rings. The van der Waals surface area contributed by atoms with E-state index >= 15 is 0 Å². The summed E-state index contributed by atoms with van der Waals surface area (Å²) in [5.41, 5.74) is 3.08. The molecule has 0 bridgehead atoms. The van der Waals surface area contributed by atoms with Gasteiger partial charge in [-0.25, -0.2) is 0 Å². The summed E-state index contributed by atoms with van der Waals surface area (Å²) in [5.74, 6) is 0.780. The first-order valence-electron chi connectivity index (χ1n) is 7.76. The molecule has 104 valence electrons. The summed E-state index contributed by atoms with van der Waals surface area (Å²) in [4.78, 5) is 0. The lowest BCUT2D eigenvalue weighted by atomic mass is 9.85. The molecule has 19 heavy (non-hydrogen) atoms. The second-order valence-electron chi connectivity index (χ2n) is 6.05. The number of aryl methyl sites for hydroxylation is 1. The lowest BCUT2D eigenvalue weighted by Gasteiger charge is -2.34. The Morgan fingerprint density at radius 2 is 1.95 bits per heavy atom. The van der Waals surface area contributed by atoms with Crippen molar-refractivity contribution in [2.24, 2.45) is 5.92 Å². The molecule has 0 radical (unpaired) electrons. The quantitative estimate of drug-likeness (QED) is 0.897. The van der Waals surface area contributed by atoms with Gasteiger partial charge in [0.1, 0.15) is 0 Å². The number of benzene rings is 1. The number of rotatable bonds is 3. The maximum atomic E-state index is 5.47. The monoisotopic (exact) mass is 259 g/mol. The molecule has 2 unspecified atom stereocenters. The molecular weight excluding hydrogens is 234 g/mol. The number of hydrogen-bond acceptors (Lipinski definition) is 2. The van der Waals surface area contributed by atoms with Crippen LogP contribution in [-0.4, -0.2) is 19.3 Å². The Morgan fingerprint density at radius 3 is 2.79 bits per heavy atom. The SMILES string of the molecule is CC(NC1CCCc2ccccc21)C1CCOCC1. The van der Waals surface area contributed by atoms with E-state index in [1.807, 2.05) is 0 Å². The van der Waals surface area contributed by atoms with Gasteiger partial charge in [-0.15, -0.1) is 0 Å². The van der Waals surface area contributed by atoms with Crippen LogP contribution in [0.4, 0.5) is 0 Å². The number of nitrogens with one attached hydrogen (secondary N) is 1. The Balaban J connectivity index is 1.66. The van der Waals surface area contributed by atoms with Gasteiger partial charge in [0.05, 0.1) is 0 Å². The van der Waals surface area contributed by atoms with Crippen molar-refractivity contribution in [3.8, 4) is 0 Å². The van der Waals surface area contributed by atoms with Gasteiger partial charge in [-0.3, -0.25) is 0 Å². The highest BCUT2D eigenvalue weighted by Gasteiger charge is 2.25. The number of fused-ring (bicyclic) bond motifs is 1. The van der Waals surface area contributed by atoms with Crippen LogP contribution < -0.4 is 5.32 Å². The molecule has 1 aliphatic carbocycles. The molecule has 0 amide bonds. The van der Waals surface area contributed by atoms with E-state index < -0.39 is 0 Å². The molecule has 0 saturated carbocycles. The topological polar surface area (TPSA) is 21.3 Å². The third-order valence-electron chi connectivity index (χ3n) is 4.81. The van der Waals surface area contributed by atoms with E-state index in [9.17, 15) is 0 Å². The summed E-state index contributed by atoms with van der Waals surface area (Å²) in [6.07, 6.45) is 6.27. The minimum Gasteiger partial charge on any atom is -0.381 e. The second kappa shape index (κ2) is 6.06. The Kier molecular flexibility index (Phi) is 4.19. The summed E-state index contributed by atoms with van der Waals surface area (Å²) in [6, 6.07) is 10.1. The standard InChI is InChI=1S/C17H25NO/c1-13(14-9-11-19-12-10-14)18-17-8-4-6-15-5-2-3-7-16(15)17/h2-3,5,7,13-14,17-18H,4,6,8-12H2,1H3. The van der Waals surface area contributed by atoms with E-state index in [1.165, 1.54) is 37.7 Å². The minimum atomic E-state index is 0.558. The van der Waals surface area contributed by atoms with Crippen LogP contribution in [0.15, 0.2) is 24.3 Å². The minimum absolute atomic E-state index is 0.558. The van der Waals surface area contributed by atoms with Gasteiger partial charge in [-0.2, -0.15) is 0 Å². The summed E-state index contributed by atoms with van der Waals surface area (Å²) in [7, 11) is 0. The lowest BCUT2D eigenvalue weighted by Crippen LogP contribution is -2.39. The maximum absolute atomic E-state index is 5.47. The van der Waals surface area contributed by atoms with Crippen molar-refractivity contribution in [3.63, 3.8) is 0 Å². The van der Waals surface area contributed by atoms with Crippen molar-refractivity contribution in [1.82, 2.24) is 5.32 Å². The van der Waals surface area contributed by atoms with E-state index in [2.05, 4.69) is 36.5 Å². The van der Waals surface area contributed by atoms with Crippen molar-refractivity contribution in [2.75, 3.05) is 13.2 Å². The predicted molar refractivity (Wildman–Crippen MR) is 78.3 cm³/mol. The van der Waals surface area contributed by atoms with Gasteiger partial charge in [-0.05, 0) is 56.1 Å². The van der Waals surface area contributed by atoms with Gasteiger partial charge >= 0.3 is 0 Å². The molecule has 2 aliphatic rings. The van der Waals surface area contributed by atoms with Crippen LogP contribution in [-0.2, 0) is 11.2 Å². The van der Waals surface area contributed by atoms with Gasteiger partial charge < -0.3 is 10.1 Å². The van der Waals surface area contributed by atoms with Crippen LogP contribution >= 0.6 is 0 Å². The molecule has 1 N–H and O–H groups in total. The second-order valence-corrected chi connectivity index (χ2v) is 6.05. The maximum Gasteiger partial charge on any atom is 0.0469 e. The molecule has 2 heteroatoms. The number of hydrogen-bond donors (Lipinski definition) is 1. The van der Waals surface area contributed by atoms with Gasteiger partial charge in [0.25, 0.3) is 0 Å². The first-order chi connectivity index (χ1) is 9.34. The highest BCUT2D eigenvalue weighted by atomic mass is 16.5. The highest BCUT2D eigenvalue weighted by molar-refractivity contribution is 5.32. The highest BCUT2D eigenvalue weighted by Crippen LogP contribution is 2.31. The summed E-state index contributed by atoms with van der Waals surface area (Å²) in [6.45, 7) is 4.24. The van der Waals surface area contributed by atoms with Crippen molar-refractivity contribution < 1.29 is 4.74 Å². The van der Waals surface area contributed by atoms with Crippen molar-refractivity contribution in [3.05, 3.63) is 35.4 Å². The zero-order valence-electron chi connectivity index (χ0n) is 11.9. The fraction of sp³-hybridized carbons (Fsp3) is 0.647.